The Morgan fingerprint density at radius 3 is 2.86 bits per heavy atom. The van der Waals surface area contributed by atoms with Gasteiger partial charge in [-0.25, -0.2) is 0 Å². The van der Waals surface area contributed by atoms with Gasteiger partial charge in [-0.1, -0.05) is 11.6 Å². The van der Waals surface area contributed by atoms with Crippen molar-refractivity contribution in [1.29, 1.82) is 0 Å². The third kappa shape index (κ3) is 3.67. The molecule has 2 atom stereocenters. The van der Waals surface area contributed by atoms with Crippen LogP contribution < -0.4 is 5.32 Å². The van der Waals surface area contributed by atoms with Crippen molar-refractivity contribution in [3.63, 3.8) is 0 Å². The number of hydrogen-bond acceptors (Lipinski definition) is 5. The van der Waals surface area contributed by atoms with Gasteiger partial charge in [0.25, 0.3) is 0 Å². The van der Waals surface area contributed by atoms with Gasteiger partial charge in [0.15, 0.2) is 5.79 Å². The Kier molecular flexibility index (Phi) is 4.38. The lowest BCUT2D eigenvalue weighted by Crippen LogP contribution is -2.33. The molecular weight excluding hydrogens is 310 g/mol. The smallest absolute Gasteiger partial charge is 0.163 e. The van der Waals surface area contributed by atoms with Crippen LogP contribution in [0.1, 0.15) is 30.5 Å². The highest BCUT2D eigenvalue weighted by Crippen LogP contribution is 2.31. The first kappa shape index (κ1) is 15.1. The summed E-state index contributed by atoms with van der Waals surface area (Å²) in [5, 5.41) is 3.48. The van der Waals surface area contributed by atoms with E-state index in [0.717, 1.165) is 15.0 Å². The van der Waals surface area contributed by atoms with E-state index in [-0.39, 0.29) is 12.1 Å². The molecule has 1 N–H and O–H groups in total. The van der Waals surface area contributed by atoms with Crippen LogP contribution in [0.3, 0.4) is 0 Å². The molecule has 2 aromatic rings. The molecule has 0 aliphatic carbocycles. The summed E-state index contributed by atoms with van der Waals surface area (Å²) in [5.41, 5.74) is 0. The van der Waals surface area contributed by atoms with Crippen molar-refractivity contribution in [2.45, 2.75) is 31.8 Å². The number of furan rings is 1. The van der Waals surface area contributed by atoms with E-state index in [1.807, 2.05) is 38.1 Å². The SMILES string of the molecule is CC1(C)OCC(CNC(c2ccco2)c2ccc(Cl)s2)O1. The minimum absolute atomic E-state index is 0.0233. The monoisotopic (exact) mass is 327 g/mol. The molecule has 0 amide bonds. The predicted molar refractivity (Wildman–Crippen MR) is 82.8 cm³/mol. The summed E-state index contributed by atoms with van der Waals surface area (Å²) in [6, 6.07) is 7.74. The summed E-state index contributed by atoms with van der Waals surface area (Å²) in [6.45, 7) is 5.13. The Morgan fingerprint density at radius 1 is 1.43 bits per heavy atom. The summed E-state index contributed by atoms with van der Waals surface area (Å²) in [6.07, 6.45) is 1.71. The van der Waals surface area contributed by atoms with E-state index in [9.17, 15) is 0 Å². The number of nitrogens with one attached hydrogen (secondary N) is 1. The average Bonchev–Trinajstić information content (AvgIpc) is 3.13. The number of halogens is 1. The largest absolute Gasteiger partial charge is 0.467 e. The second-order valence-electron chi connectivity index (χ2n) is 5.45. The Balaban J connectivity index is 1.69. The first-order chi connectivity index (χ1) is 10.0. The van der Waals surface area contributed by atoms with Crippen molar-refractivity contribution in [3.05, 3.63) is 45.5 Å². The summed E-state index contributed by atoms with van der Waals surface area (Å²) in [5.74, 6) is 0.366. The zero-order valence-corrected chi connectivity index (χ0v) is 13.5. The van der Waals surface area contributed by atoms with Crippen molar-refractivity contribution in [1.82, 2.24) is 5.32 Å². The summed E-state index contributed by atoms with van der Waals surface area (Å²) < 4.78 is 17.7. The van der Waals surface area contributed by atoms with Crippen LogP contribution in [0.15, 0.2) is 34.9 Å². The summed E-state index contributed by atoms with van der Waals surface area (Å²) in [4.78, 5) is 1.12. The van der Waals surface area contributed by atoms with E-state index in [1.54, 1.807) is 17.6 Å². The molecular formula is C15H18ClNO3S. The van der Waals surface area contributed by atoms with Crippen LogP contribution in [0.5, 0.6) is 0 Å². The average molecular weight is 328 g/mol. The highest BCUT2D eigenvalue weighted by atomic mass is 35.5. The molecule has 0 bridgehead atoms. The number of thiophene rings is 1. The fourth-order valence-corrected chi connectivity index (χ4v) is 3.54. The van der Waals surface area contributed by atoms with Crippen LogP contribution in [0.25, 0.3) is 0 Å². The molecule has 0 spiro atoms. The molecule has 4 nitrogen and oxygen atoms in total. The quantitative estimate of drug-likeness (QED) is 0.906. The van der Waals surface area contributed by atoms with Crippen LogP contribution in [-0.2, 0) is 9.47 Å². The molecule has 3 heterocycles. The normalized spacial score (nSPS) is 22.5. The molecule has 3 rings (SSSR count). The first-order valence-electron chi connectivity index (χ1n) is 6.87. The standard InChI is InChI=1S/C15H18ClNO3S/c1-15(2)19-9-10(20-15)8-17-14(11-4-3-7-18-11)12-5-6-13(16)21-12/h3-7,10,14,17H,8-9H2,1-2H3. The topological polar surface area (TPSA) is 43.6 Å². The second-order valence-corrected chi connectivity index (χ2v) is 7.20. The molecule has 114 valence electrons. The van der Waals surface area contributed by atoms with Crippen LogP contribution in [0.4, 0.5) is 0 Å². The zero-order valence-electron chi connectivity index (χ0n) is 12.0. The summed E-state index contributed by atoms with van der Waals surface area (Å²) in [7, 11) is 0. The van der Waals surface area contributed by atoms with Crippen LogP contribution in [0.2, 0.25) is 4.34 Å². The summed E-state index contributed by atoms with van der Waals surface area (Å²) >= 11 is 7.59. The van der Waals surface area contributed by atoms with Gasteiger partial charge in [-0.05, 0) is 38.1 Å². The van der Waals surface area contributed by atoms with E-state index >= 15 is 0 Å². The van der Waals surface area contributed by atoms with Crippen molar-refractivity contribution in [3.8, 4) is 0 Å². The van der Waals surface area contributed by atoms with E-state index in [1.165, 1.54) is 0 Å². The molecule has 0 saturated carbocycles. The fourth-order valence-electron chi connectivity index (χ4n) is 2.39. The maximum atomic E-state index is 6.05. The molecule has 1 fully saturated rings. The van der Waals surface area contributed by atoms with Gasteiger partial charge < -0.3 is 19.2 Å². The maximum absolute atomic E-state index is 6.05. The second kappa shape index (κ2) is 6.10. The number of ether oxygens (including phenoxy) is 2. The van der Waals surface area contributed by atoms with E-state index in [0.29, 0.717) is 13.2 Å². The van der Waals surface area contributed by atoms with Gasteiger partial charge >= 0.3 is 0 Å². The van der Waals surface area contributed by atoms with Gasteiger partial charge in [0.1, 0.15) is 11.8 Å². The minimum Gasteiger partial charge on any atom is -0.467 e. The Morgan fingerprint density at radius 2 is 2.29 bits per heavy atom. The first-order valence-corrected chi connectivity index (χ1v) is 8.07. The van der Waals surface area contributed by atoms with Crippen LogP contribution in [-0.4, -0.2) is 25.0 Å². The van der Waals surface area contributed by atoms with Crippen LogP contribution >= 0.6 is 22.9 Å². The third-order valence-corrected chi connectivity index (χ3v) is 4.62. The molecule has 1 aliphatic rings. The Hall–Kier alpha value is -0.850. The lowest BCUT2D eigenvalue weighted by molar-refractivity contribution is -0.137. The molecule has 1 saturated heterocycles. The predicted octanol–water partition coefficient (Wildman–Crippen LogP) is 3.83. The lowest BCUT2D eigenvalue weighted by atomic mass is 10.2. The van der Waals surface area contributed by atoms with E-state index < -0.39 is 5.79 Å². The molecule has 0 aromatic carbocycles. The minimum atomic E-state index is -0.501. The Labute approximate surface area is 133 Å². The van der Waals surface area contributed by atoms with Gasteiger partial charge in [0.05, 0.1) is 23.3 Å². The van der Waals surface area contributed by atoms with Crippen molar-refractivity contribution in [2.24, 2.45) is 0 Å². The molecule has 0 radical (unpaired) electrons. The lowest BCUT2D eigenvalue weighted by Gasteiger charge is -2.20. The fraction of sp³-hybridized carbons (Fsp3) is 0.467. The zero-order chi connectivity index (χ0) is 14.9. The molecule has 2 aromatic heterocycles. The maximum Gasteiger partial charge on any atom is 0.163 e. The highest BCUT2D eigenvalue weighted by Gasteiger charge is 2.33. The molecule has 6 heteroatoms. The Bertz CT molecular complexity index is 582. The third-order valence-electron chi connectivity index (χ3n) is 3.32. The van der Waals surface area contributed by atoms with E-state index in [4.69, 9.17) is 25.5 Å². The van der Waals surface area contributed by atoms with Crippen molar-refractivity contribution in [2.75, 3.05) is 13.2 Å². The van der Waals surface area contributed by atoms with E-state index in [2.05, 4.69) is 5.32 Å². The molecule has 2 unspecified atom stereocenters. The molecule has 21 heavy (non-hydrogen) atoms. The van der Waals surface area contributed by atoms with Gasteiger partial charge in [-0.2, -0.15) is 0 Å². The number of rotatable bonds is 5. The van der Waals surface area contributed by atoms with Gasteiger partial charge in [-0.15, -0.1) is 11.3 Å². The number of hydrogen-bond donors (Lipinski definition) is 1. The van der Waals surface area contributed by atoms with Gasteiger partial charge in [0, 0.05) is 11.4 Å². The molecule has 1 aliphatic heterocycles. The highest BCUT2D eigenvalue weighted by molar-refractivity contribution is 7.16. The van der Waals surface area contributed by atoms with Crippen molar-refractivity contribution >= 4 is 22.9 Å². The van der Waals surface area contributed by atoms with Crippen LogP contribution in [0, 0.1) is 0 Å². The van der Waals surface area contributed by atoms with Crippen molar-refractivity contribution < 1.29 is 13.9 Å². The van der Waals surface area contributed by atoms with Gasteiger partial charge in [-0.3, -0.25) is 0 Å². The van der Waals surface area contributed by atoms with Gasteiger partial charge in [0.2, 0.25) is 0 Å².